The molecule has 1 atom stereocenters. The van der Waals surface area contributed by atoms with Gasteiger partial charge >= 0.3 is 0 Å². The summed E-state index contributed by atoms with van der Waals surface area (Å²) < 4.78 is 26.0. The number of benzene rings is 1. The van der Waals surface area contributed by atoms with Gasteiger partial charge in [0.15, 0.2) is 0 Å². The van der Waals surface area contributed by atoms with E-state index in [0.717, 1.165) is 5.56 Å². The summed E-state index contributed by atoms with van der Waals surface area (Å²) >= 11 is 5.99. The number of hydrogen-bond acceptors (Lipinski definition) is 3. The topological polar surface area (TPSA) is 63.4 Å². The van der Waals surface area contributed by atoms with Crippen LogP contribution in [0, 0.1) is 6.92 Å². The van der Waals surface area contributed by atoms with E-state index in [1.165, 1.54) is 4.31 Å². The van der Waals surface area contributed by atoms with Gasteiger partial charge in [0.05, 0.1) is 5.02 Å². The van der Waals surface area contributed by atoms with Crippen LogP contribution in [0.1, 0.15) is 12.0 Å². The summed E-state index contributed by atoms with van der Waals surface area (Å²) in [4.78, 5) is 0.166. The van der Waals surface area contributed by atoms with E-state index in [0.29, 0.717) is 19.5 Å². The Hall–Kier alpha value is -0.330. The Kier molecular flexibility index (Phi) is 5.03. The molecule has 1 fully saturated rings. The number of nitrogens with two attached hydrogens (primary N) is 1. The third-order valence-electron chi connectivity index (χ3n) is 2.89. The maximum Gasteiger partial charge on any atom is 0.244 e. The predicted octanol–water partition coefficient (Wildman–Crippen LogP) is 1.79. The molecule has 0 aliphatic carbocycles. The fraction of sp³-hybridized carbons (Fsp3) is 0.455. The molecule has 0 spiro atoms. The maximum atomic E-state index is 12.3. The van der Waals surface area contributed by atoms with Crippen LogP contribution in [0.15, 0.2) is 23.1 Å². The Morgan fingerprint density at radius 2 is 2.11 bits per heavy atom. The lowest BCUT2D eigenvalue weighted by Crippen LogP contribution is -2.32. The molecular weight excluding hydrogens is 295 g/mol. The lowest BCUT2D eigenvalue weighted by Gasteiger charge is -2.17. The molecular formula is C11H16Cl2N2O2S. The van der Waals surface area contributed by atoms with Crippen molar-refractivity contribution in [3.8, 4) is 0 Å². The highest BCUT2D eigenvalue weighted by molar-refractivity contribution is 7.89. The first-order valence-corrected chi connectivity index (χ1v) is 7.25. The molecule has 7 heteroatoms. The molecule has 1 heterocycles. The second kappa shape index (κ2) is 5.75. The molecule has 102 valence electrons. The zero-order valence-electron chi connectivity index (χ0n) is 9.97. The van der Waals surface area contributed by atoms with Crippen LogP contribution in [0.5, 0.6) is 0 Å². The molecule has 1 aromatic carbocycles. The van der Waals surface area contributed by atoms with Crippen molar-refractivity contribution in [2.24, 2.45) is 5.73 Å². The van der Waals surface area contributed by atoms with E-state index in [1.54, 1.807) is 18.2 Å². The number of sulfonamides is 1. The fourth-order valence-electron chi connectivity index (χ4n) is 1.93. The minimum absolute atomic E-state index is 0. The van der Waals surface area contributed by atoms with Gasteiger partial charge in [0.25, 0.3) is 0 Å². The SMILES string of the molecule is Cc1ccc(S(=O)(=O)N2CC[C@H](N)C2)c(Cl)c1.Cl. The summed E-state index contributed by atoms with van der Waals surface area (Å²) in [7, 11) is -3.50. The largest absolute Gasteiger partial charge is 0.326 e. The highest BCUT2D eigenvalue weighted by Gasteiger charge is 2.32. The van der Waals surface area contributed by atoms with Gasteiger partial charge in [-0.3, -0.25) is 0 Å². The standard InChI is InChI=1S/C11H15ClN2O2S.ClH/c1-8-2-3-11(10(12)6-8)17(15,16)14-5-4-9(13)7-14;/h2-3,6,9H,4-5,7,13H2,1H3;1H/t9-;/m0./s1. The minimum atomic E-state index is -3.50. The van der Waals surface area contributed by atoms with E-state index in [2.05, 4.69) is 0 Å². The molecule has 1 aromatic rings. The van der Waals surface area contributed by atoms with Gasteiger partial charge in [-0.05, 0) is 31.0 Å². The van der Waals surface area contributed by atoms with Crippen molar-refractivity contribution >= 4 is 34.0 Å². The summed E-state index contributed by atoms with van der Waals surface area (Å²) in [6, 6.07) is 4.88. The molecule has 4 nitrogen and oxygen atoms in total. The second-order valence-corrected chi connectivity index (χ2v) is 6.66. The van der Waals surface area contributed by atoms with Gasteiger partial charge in [0, 0.05) is 19.1 Å². The van der Waals surface area contributed by atoms with Crippen molar-refractivity contribution in [1.82, 2.24) is 4.31 Å². The summed E-state index contributed by atoms with van der Waals surface area (Å²) in [6.45, 7) is 2.70. The molecule has 2 rings (SSSR count). The molecule has 0 saturated carbocycles. The molecule has 0 radical (unpaired) electrons. The number of hydrogen-bond donors (Lipinski definition) is 1. The van der Waals surface area contributed by atoms with Crippen molar-refractivity contribution in [3.63, 3.8) is 0 Å². The molecule has 1 saturated heterocycles. The van der Waals surface area contributed by atoms with E-state index >= 15 is 0 Å². The van der Waals surface area contributed by atoms with Crippen molar-refractivity contribution in [2.45, 2.75) is 24.3 Å². The Balaban J connectivity index is 0.00000162. The van der Waals surface area contributed by atoms with Crippen LogP contribution in [0.2, 0.25) is 5.02 Å². The third-order valence-corrected chi connectivity index (χ3v) is 5.24. The Labute approximate surface area is 119 Å². The average molecular weight is 311 g/mol. The predicted molar refractivity (Wildman–Crippen MR) is 74.8 cm³/mol. The lowest BCUT2D eigenvalue weighted by molar-refractivity contribution is 0.472. The Morgan fingerprint density at radius 3 is 2.61 bits per heavy atom. The summed E-state index contributed by atoms with van der Waals surface area (Å²) in [5.74, 6) is 0. The van der Waals surface area contributed by atoms with Crippen LogP contribution in [0.3, 0.4) is 0 Å². The van der Waals surface area contributed by atoms with Gasteiger partial charge in [0.2, 0.25) is 10.0 Å². The third kappa shape index (κ3) is 2.97. The zero-order chi connectivity index (χ0) is 12.6. The molecule has 1 aliphatic heterocycles. The van der Waals surface area contributed by atoms with Gasteiger partial charge in [-0.2, -0.15) is 4.31 Å². The first kappa shape index (κ1) is 15.7. The monoisotopic (exact) mass is 310 g/mol. The van der Waals surface area contributed by atoms with Crippen LogP contribution in [0.25, 0.3) is 0 Å². The Bertz CT molecular complexity index is 534. The number of halogens is 2. The quantitative estimate of drug-likeness (QED) is 0.906. The molecule has 0 amide bonds. The second-order valence-electron chi connectivity index (χ2n) is 4.35. The number of nitrogens with zero attached hydrogens (tertiary/aromatic N) is 1. The maximum absolute atomic E-state index is 12.3. The molecule has 0 aromatic heterocycles. The molecule has 0 bridgehead atoms. The minimum Gasteiger partial charge on any atom is -0.326 e. The van der Waals surface area contributed by atoms with Crippen LogP contribution in [0.4, 0.5) is 0 Å². The van der Waals surface area contributed by atoms with E-state index in [9.17, 15) is 8.42 Å². The van der Waals surface area contributed by atoms with E-state index in [4.69, 9.17) is 17.3 Å². The van der Waals surface area contributed by atoms with E-state index in [1.807, 2.05) is 6.92 Å². The van der Waals surface area contributed by atoms with Gasteiger partial charge in [-0.15, -0.1) is 12.4 Å². The highest BCUT2D eigenvalue weighted by atomic mass is 35.5. The molecule has 1 aliphatic rings. The van der Waals surface area contributed by atoms with Crippen LogP contribution in [-0.4, -0.2) is 31.9 Å². The van der Waals surface area contributed by atoms with Gasteiger partial charge < -0.3 is 5.73 Å². The number of aryl methyl sites for hydroxylation is 1. The lowest BCUT2D eigenvalue weighted by atomic mass is 10.2. The smallest absolute Gasteiger partial charge is 0.244 e. The average Bonchev–Trinajstić information content (AvgIpc) is 2.64. The van der Waals surface area contributed by atoms with Gasteiger partial charge in [-0.25, -0.2) is 8.42 Å². The first-order chi connectivity index (χ1) is 7.91. The normalized spacial score (nSPS) is 20.7. The van der Waals surface area contributed by atoms with Gasteiger partial charge in [0.1, 0.15) is 4.90 Å². The number of rotatable bonds is 2. The van der Waals surface area contributed by atoms with Crippen LogP contribution >= 0.6 is 24.0 Å². The molecule has 18 heavy (non-hydrogen) atoms. The van der Waals surface area contributed by atoms with E-state index < -0.39 is 10.0 Å². The van der Waals surface area contributed by atoms with Crippen molar-refractivity contribution in [3.05, 3.63) is 28.8 Å². The van der Waals surface area contributed by atoms with Gasteiger partial charge in [-0.1, -0.05) is 17.7 Å². The Morgan fingerprint density at radius 1 is 1.44 bits per heavy atom. The molecule has 0 unspecified atom stereocenters. The van der Waals surface area contributed by atoms with Crippen molar-refractivity contribution in [1.29, 1.82) is 0 Å². The van der Waals surface area contributed by atoms with Crippen molar-refractivity contribution in [2.75, 3.05) is 13.1 Å². The summed E-state index contributed by atoms with van der Waals surface area (Å²) in [6.07, 6.45) is 0.697. The summed E-state index contributed by atoms with van der Waals surface area (Å²) in [5, 5.41) is 0.269. The van der Waals surface area contributed by atoms with Crippen molar-refractivity contribution < 1.29 is 8.42 Å². The first-order valence-electron chi connectivity index (χ1n) is 5.43. The highest BCUT2D eigenvalue weighted by Crippen LogP contribution is 2.27. The van der Waals surface area contributed by atoms with Crippen LogP contribution in [-0.2, 0) is 10.0 Å². The fourth-order valence-corrected chi connectivity index (χ4v) is 4.01. The van der Waals surface area contributed by atoms with Crippen LogP contribution < -0.4 is 5.73 Å². The zero-order valence-corrected chi connectivity index (χ0v) is 12.4. The summed E-state index contributed by atoms with van der Waals surface area (Å²) in [5.41, 5.74) is 6.66. The molecule has 2 N–H and O–H groups in total. The van der Waals surface area contributed by atoms with E-state index in [-0.39, 0.29) is 28.4 Å².